The monoisotopic (exact) mass is 302 g/mol. The van der Waals surface area contributed by atoms with Gasteiger partial charge in [-0.15, -0.1) is 0 Å². The number of nitrogens with one attached hydrogen (secondary N) is 2. The molecule has 0 radical (unpaired) electrons. The van der Waals surface area contributed by atoms with Crippen molar-refractivity contribution >= 4 is 23.0 Å². The predicted octanol–water partition coefficient (Wildman–Crippen LogP) is 1.33. The molecule has 0 aliphatic heterocycles. The van der Waals surface area contributed by atoms with Crippen LogP contribution in [0.1, 0.15) is 21.7 Å². The first-order valence-electron chi connectivity index (χ1n) is 6.86. The van der Waals surface area contributed by atoms with Gasteiger partial charge in [-0.05, 0) is 32.0 Å². The first-order chi connectivity index (χ1) is 10.5. The van der Waals surface area contributed by atoms with Crippen molar-refractivity contribution < 1.29 is 14.3 Å². The number of carbonyl (C=O) groups excluding carboxylic acids is 2. The number of carbonyl (C=O) groups is 2. The molecule has 0 saturated heterocycles. The lowest BCUT2D eigenvalue weighted by atomic mass is 10.1. The van der Waals surface area contributed by atoms with Crippen LogP contribution in [0.4, 0.5) is 4.79 Å². The molecule has 2 aromatic rings. The van der Waals surface area contributed by atoms with Crippen molar-refractivity contribution in [3.8, 4) is 0 Å². The summed E-state index contributed by atoms with van der Waals surface area (Å²) in [5.41, 5.74) is 3.66. The molecule has 22 heavy (non-hydrogen) atoms. The van der Waals surface area contributed by atoms with Gasteiger partial charge in [0, 0.05) is 18.7 Å². The van der Waals surface area contributed by atoms with Crippen molar-refractivity contribution in [1.29, 1.82) is 0 Å². The van der Waals surface area contributed by atoms with Crippen LogP contribution >= 0.6 is 0 Å². The largest absolute Gasteiger partial charge is 0.453 e. The van der Waals surface area contributed by atoms with Crippen molar-refractivity contribution in [3.63, 3.8) is 0 Å². The Morgan fingerprint density at radius 1 is 1.05 bits per heavy atom. The third-order valence-electron chi connectivity index (χ3n) is 3.20. The van der Waals surface area contributed by atoms with Crippen LogP contribution in [0, 0.1) is 13.8 Å². The molecule has 1 aromatic heterocycles. The minimum absolute atomic E-state index is 0.228. The molecular formula is C15H18N4O3. The van der Waals surface area contributed by atoms with Crippen LogP contribution in [0.3, 0.4) is 0 Å². The van der Waals surface area contributed by atoms with E-state index in [0.717, 1.165) is 16.9 Å². The third kappa shape index (κ3) is 3.69. The Balaban J connectivity index is 2.02. The van der Waals surface area contributed by atoms with E-state index in [4.69, 9.17) is 0 Å². The molecule has 2 amide bonds. The number of hydrogen-bond acceptors (Lipinski definition) is 5. The molecule has 0 spiro atoms. The fraction of sp³-hybridized carbons (Fsp3) is 0.333. The Morgan fingerprint density at radius 3 is 2.36 bits per heavy atom. The Hall–Kier alpha value is -2.70. The number of ether oxygens (including phenoxy) is 1. The molecule has 7 nitrogen and oxygen atoms in total. The first-order valence-corrected chi connectivity index (χ1v) is 6.86. The van der Waals surface area contributed by atoms with Crippen LogP contribution in [0.2, 0.25) is 0 Å². The molecule has 7 heteroatoms. The lowest BCUT2D eigenvalue weighted by Gasteiger charge is -2.07. The van der Waals surface area contributed by atoms with Gasteiger partial charge in [-0.2, -0.15) is 0 Å². The van der Waals surface area contributed by atoms with Gasteiger partial charge in [0.1, 0.15) is 0 Å². The van der Waals surface area contributed by atoms with Crippen LogP contribution in [-0.2, 0) is 4.74 Å². The third-order valence-corrected chi connectivity index (χ3v) is 3.20. The van der Waals surface area contributed by atoms with Crippen LogP contribution in [0.15, 0.2) is 18.2 Å². The number of nitrogens with zero attached hydrogens (tertiary/aromatic N) is 2. The SMILES string of the molecule is COC(=O)NCCNC(=O)c1ccc2nc(C)c(C)nc2c1. The quantitative estimate of drug-likeness (QED) is 0.831. The minimum atomic E-state index is -0.527. The standard InChI is InChI=1S/C15H18N4O3/c1-9-10(2)19-13-8-11(4-5-12(13)18-9)14(20)16-6-7-17-15(21)22-3/h4-5,8H,6-7H2,1-3H3,(H,16,20)(H,17,21). The number of rotatable bonds is 4. The molecule has 1 heterocycles. The Kier molecular flexibility index (Phi) is 4.88. The average molecular weight is 302 g/mol. The van der Waals surface area contributed by atoms with Gasteiger partial charge in [0.25, 0.3) is 5.91 Å². The van der Waals surface area contributed by atoms with E-state index in [1.807, 2.05) is 13.8 Å². The van der Waals surface area contributed by atoms with E-state index in [0.29, 0.717) is 24.2 Å². The van der Waals surface area contributed by atoms with Crippen molar-refractivity contribution in [2.75, 3.05) is 20.2 Å². The maximum Gasteiger partial charge on any atom is 0.406 e. The number of methoxy groups -OCH3 is 1. The Bertz CT molecular complexity index is 715. The highest BCUT2D eigenvalue weighted by atomic mass is 16.5. The summed E-state index contributed by atoms with van der Waals surface area (Å²) in [5, 5.41) is 5.20. The second-order valence-electron chi connectivity index (χ2n) is 4.77. The van der Waals surface area contributed by atoms with E-state index in [-0.39, 0.29) is 5.91 Å². The second kappa shape index (κ2) is 6.84. The number of fused-ring (bicyclic) bond motifs is 1. The van der Waals surface area contributed by atoms with Crippen LogP contribution in [-0.4, -0.2) is 42.2 Å². The minimum Gasteiger partial charge on any atom is -0.453 e. The molecule has 0 atom stereocenters. The fourth-order valence-electron chi connectivity index (χ4n) is 1.89. The summed E-state index contributed by atoms with van der Waals surface area (Å²) in [5.74, 6) is -0.228. The maximum absolute atomic E-state index is 12.1. The van der Waals surface area contributed by atoms with Crippen LogP contribution in [0.25, 0.3) is 11.0 Å². The van der Waals surface area contributed by atoms with E-state index in [1.54, 1.807) is 18.2 Å². The van der Waals surface area contributed by atoms with E-state index in [1.165, 1.54) is 7.11 Å². The lowest BCUT2D eigenvalue weighted by Crippen LogP contribution is -2.34. The number of hydrogen-bond donors (Lipinski definition) is 2. The normalized spacial score (nSPS) is 10.3. The zero-order valence-electron chi connectivity index (χ0n) is 12.8. The lowest BCUT2D eigenvalue weighted by molar-refractivity contribution is 0.0953. The summed E-state index contributed by atoms with van der Waals surface area (Å²) in [6, 6.07) is 5.18. The van der Waals surface area contributed by atoms with Gasteiger partial charge in [0.2, 0.25) is 0 Å². The Morgan fingerprint density at radius 2 is 1.68 bits per heavy atom. The molecule has 2 rings (SSSR count). The summed E-state index contributed by atoms with van der Waals surface area (Å²) < 4.78 is 4.43. The summed E-state index contributed by atoms with van der Waals surface area (Å²) in [6.07, 6.45) is -0.527. The number of amides is 2. The zero-order valence-corrected chi connectivity index (χ0v) is 12.8. The van der Waals surface area contributed by atoms with Gasteiger partial charge < -0.3 is 15.4 Å². The highest BCUT2D eigenvalue weighted by Crippen LogP contribution is 2.14. The molecule has 0 unspecified atom stereocenters. The highest BCUT2D eigenvalue weighted by Gasteiger charge is 2.08. The molecule has 116 valence electrons. The molecular weight excluding hydrogens is 284 g/mol. The van der Waals surface area contributed by atoms with Crippen LogP contribution < -0.4 is 10.6 Å². The van der Waals surface area contributed by atoms with E-state index in [2.05, 4.69) is 25.3 Å². The van der Waals surface area contributed by atoms with Gasteiger partial charge in [0.05, 0.1) is 29.5 Å². The molecule has 0 bridgehead atoms. The highest BCUT2D eigenvalue weighted by molar-refractivity contribution is 5.97. The van der Waals surface area contributed by atoms with Crippen molar-refractivity contribution in [2.45, 2.75) is 13.8 Å². The molecule has 0 aliphatic rings. The summed E-state index contributed by atoms with van der Waals surface area (Å²) >= 11 is 0. The Labute approximate surface area is 128 Å². The smallest absolute Gasteiger partial charge is 0.406 e. The summed E-state index contributed by atoms with van der Waals surface area (Å²) in [4.78, 5) is 31.8. The fourth-order valence-corrected chi connectivity index (χ4v) is 1.89. The van der Waals surface area contributed by atoms with Crippen molar-refractivity contribution in [2.24, 2.45) is 0 Å². The number of benzene rings is 1. The van der Waals surface area contributed by atoms with Crippen LogP contribution in [0.5, 0.6) is 0 Å². The van der Waals surface area contributed by atoms with E-state index < -0.39 is 6.09 Å². The topological polar surface area (TPSA) is 93.2 Å². The van der Waals surface area contributed by atoms with E-state index in [9.17, 15) is 9.59 Å². The average Bonchev–Trinajstić information content (AvgIpc) is 2.51. The zero-order chi connectivity index (χ0) is 16.1. The van der Waals surface area contributed by atoms with Gasteiger partial charge in [-0.25, -0.2) is 14.8 Å². The van der Waals surface area contributed by atoms with Gasteiger partial charge in [-0.3, -0.25) is 4.79 Å². The second-order valence-corrected chi connectivity index (χ2v) is 4.77. The molecule has 1 aromatic carbocycles. The molecule has 0 saturated carbocycles. The maximum atomic E-state index is 12.1. The van der Waals surface area contributed by atoms with Gasteiger partial charge in [-0.1, -0.05) is 0 Å². The molecule has 0 aliphatic carbocycles. The summed E-state index contributed by atoms with van der Waals surface area (Å²) in [7, 11) is 1.29. The number of aromatic nitrogens is 2. The molecule has 2 N–H and O–H groups in total. The van der Waals surface area contributed by atoms with E-state index >= 15 is 0 Å². The van der Waals surface area contributed by atoms with Crippen molar-refractivity contribution in [3.05, 3.63) is 35.2 Å². The molecule has 0 fully saturated rings. The first kappa shape index (κ1) is 15.7. The van der Waals surface area contributed by atoms with Gasteiger partial charge in [0.15, 0.2) is 0 Å². The predicted molar refractivity (Wildman–Crippen MR) is 81.8 cm³/mol. The number of alkyl carbamates (subject to hydrolysis) is 1. The van der Waals surface area contributed by atoms with Crippen molar-refractivity contribution in [1.82, 2.24) is 20.6 Å². The summed E-state index contributed by atoms with van der Waals surface area (Å²) in [6.45, 7) is 4.39. The number of aryl methyl sites for hydroxylation is 2. The van der Waals surface area contributed by atoms with Gasteiger partial charge >= 0.3 is 6.09 Å².